The van der Waals surface area contributed by atoms with Gasteiger partial charge in [-0.25, -0.2) is 19.6 Å². The van der Waals surface area contributed by atoms with Gasteiger partial charge in [0.1, 0.15) is 24.8 Å². The summed E-state index contributed by atoms with van der Waals surface area (Å²) >= 11 is 0. The molecule has 0 aliphatic rings. The van der Waals surface area contributed by atoms with Crippen LogP contribution in [0.3, 0.4) is 0 Å². The molecule has 0 radical (unpaired) electrons. The third-order valence-corrected chi connectivity index (χ3v) is 2.51. The van der Waals surface area contributed by atoms with Crippen molar-refractivity contribution in [3.8, 4) is 5.82 Å². The summed E-state index contributed by atoms with van der Waals surface area (Å²) in [7, 11) is 0. The summed E-state index contributed by atoms with van der Waals surface area (Å²) in [5.41, 5.74) is 0. The maximum Gasteiger partial charge on any atom is 0.158 e. The molecule has 1 N–H and O–H groups in total. The second-order valence-electron chi connectivity index (χ2n) is 3.80. The van der Waals surface area contributed by atoms with Crippen LogP contribution in [0.5, 0.6) is 0 Å². The molecule has 0 aliphatic carbocycles. The Hall–Kier alpha value is -2.77. The molecule has 3 aromatic rings. The van der Waals surface area contributed by atoms with E-state index in [1.54, 1.807) is 21.9 Å². The minimum Gasteiger partial charge on any atom is -0.368 e. The summed E-state index contributed by atoms with van der Waals surface area (Å²) in [4.78, 5) is 12.2. The van der Waals surface area contributed by atoms with Gasteiger partial charge in [-0.05, 0) is 6.07 Å². The maximum atomic E-state index is 4.16. The highest BCUT2D eigenvalue weighted by Crippen LogP contribution is 2.07. The van der Waals surface area contributed by atoms with Crippen molar-refractivity contribution in [2.75, 3.05) is 11.9 Å². The second kappa shape index (κ2) is 5.25. The lowest BCUT2D eigenvalue weighted by atomic mass is 10.5. The van der Waals surface area contributed by atoms with Crippen molar-refractivity contribution >= 4 is 5.82 Å². The standard InChI is InChI=1S/C11H12N8/c1-2-16-19(4-1)11-6-10(14-8-15-11)13-3-5-18-9-12-7-17-18/h1-2,4,6-9H,3,5H2,(H,13,14,15). The molecule has 0 aromatic carbocycles. The summed E-state index contributed by atoms with van der Waals surface area (Å²) in [6, 6.07) is 3.69. The van der Waals surface area contributed by atoms with Gasteiger partial charge in [0.05, 0.1) is 6.54 Å². The van der Waals surface area contributed by atoms with Crippen molar-refractivity contribution in [1.29, 1.82) is 0 Å². The van der Waals surface area contributed by atoms with Crippen LogP contribution in [0.4, 0.5) is 5.82 Å². The fourth-order valence-electron chi connectivity index (χ4n) is 1.62. The van der Waals surface area contributed by atoms with Gasteiger partial charge in [-0.2, -0.15) is 10.2 Å². The zero-order chi connectivity index (χ0) is 12.9. The summed E-state index contributed by atoms with van der Waals surface area (Å²) in [6.45, 7) is 1.43. The SMILES string of the molecule is c1cnn(-c2cc(NCCn3cncn3)ncn2)c1. The molecule has 0 saturated heterocycles. The number of hydrogen-bond donors (Lipinski definition) is 1. The lowest BCUT2D eigenvalue weighted by molar-refractivity contribution is 0.635. The molecule has 0 bridgehead atoms. The van der Waals surface area contributed by atoms with Crippen LogP contribution >= 0.6 is 0 Å². The Bertz CT molecular complexity index is 616. The van der Waals surface area contributed by atoms with Crippen LogP contribution in [0, 0.1) is 0 Å². The van der Waals surface area contributed by atoms with Crippen molar-refractivity contribution in [3.63, 3.8) is 0 Å². The van der Waals surface area contributed by atoms with E-state index in [2.05, 4.69) is 30.5 Å². The van der Waals surface area contributed by atoms with Crippen LogP contribution in [0.2, 0.25) is 0 Å². The van der Waals surface area contributed by atoms with Crippen LogP contribution in [-0.4, -0.2) is 41.1 Å². The fraction of sp³-hybridized carbons (Fsp3) is 0.182. The predicted octanol–water partition coefficient (Wildman–Crippen LogP) is 0.366. The second-order valence-corrected chi connectivity index (χ2v) is 3.80. The molecule has 96 valence electrons. The zero-order valence-corrected chi connectivity index (χ0v) is 10.1. The van der Waals surface area contributed by atoms with Gasteiger partial charge >= 0.3 is 0 Å². The highest BCUT2D eigenvalue weighted by atomic mass is 15.3. The van der Waals surface area contributed by atoms with Gasteiger partial charge < -0.3 is 5.32 Å². The monoisotopic (exact) mass is 256 g/mol. The van der Waals surface area contributed by atoms with Crippen LogP contribution in [-0.2, 0) is 6.54 Å². The summed E-state index contributed by atoms with van der Waals surface area (Å²) < 4.78 is 3.44. The molecular weight excluding hydrogens is 244 g/mol. The predicted molar refractivity (Wildman–Crippen MR) is 67.7 cm³/mol. The molecule has 8 nitrogen and oxygen atoms in total. The topological polar surface area (TPSA) is 86.3 Å². The third-order valence-electron chi connectivity index (χ3n) is 2.51. The molecule has 3 aromatic heterocycles. The van der Waals surface area contributed by atoms with Gasteiger partial charge in [0, 0.05) is 25.0 Å². The van der Waals surface area contributed by atoms with Gasteiger partial charge in [-0.15, -0.1) is 0 Å². The van der Waals surface area contributed by atoms with Gasteiger partial charge in [-0.3, -0.25) is 4.68 Å². The normalized spacial score (nSPS) is 10.5. The van der Waals surface area contributed by atoms with Crippen molar-refractivity contribution in [1.82, 2.24) is 34.5 Å². The molecule has 0 atom stereocenters. The minimum absolute atomic E-state index is 0.707. The highest BCUT2D eigenvalue weighted by molar-refractivity contribution is 5.39. The smallest absolute Gasteiger partial charge is 0.158 e. The number of nitrogens with one attached hydrogen (secondary N) is 1. The summed E-state index contributed by atoms with van der Waals surface area (Å²) in [6.07, 6.45) is 8.24. The number of rotatable bonds is 5. The van der Waals surface area contributed by atoms with E-state index in [9.17, 15) is 0 Å². The minimum atomic E-state index is 0.707. The molecule has 0 saturated carbocycles. The molecule has 3 heterocycles. The third kappa shape index (κ3) is 2.73. The largest absolute Gasteiger partial charge is 0.368 e. The molecule has 0 fully saturated rings. The Morgan fingerprint density at radius 3 is 2.95 bits per heavy atom. The highest BCUT2D eigenvalue weighted by Gasteiger charge is 2.00. The van der Waals surface area contributed by atoms with E-state index in [4.69, 9.17) is 0 Å². The summed E-state index contributed by atoms with van der Waals surface area (Å²) in [5.74, 6) is 1.48. The van der Waals surface area contributed by atoms with Crippen LogP contribution in [0.1, 0.15) is 0 Å². The molecular formula is C11H12N8. The van der Waals surface area contributed by atoms with Crippen molar-refractivity contribution in [2.24, 2.45) is 0 Å². The number of aromatic nitrogens is 7. The number of nitrogens with zero attached hydrogens (tertiary/aromatic N) is 7. The Kier molecular flexibility index (Phi) is 3.13. The van der Waals surface area contributed by atoms with E-state index < -0.39 is 0 Å². The Labute approximate surface area is 109 Å². The van der Waals surface area contributed by atoms with Crippen LogP contribution in [0.15, 0.2) is 43.5 Å². The first-order chi connectivity index (χ1) is 9.42. The first-order valence-electron chi connectivity index (χ1n) is 5.80. The van der Waals surface area contributed by atoms with E-state index in [-0.39, 0.29) is 0 Å². The maximum absolute atomic E-state index is 4.16. The van der Waals surface area contributed by atoms with E-state index in [1.807, 2.05) is 18.3 Å². The molecule has 0 aliphatic heterocycles. The summed E-state index contributed by atoms with van der Waals surface area (Å²) in [5, 5.41) is 11.4. The van der Waals surface area contributed by atoms with Gasteiger partial charge in [-0.1, -0.05) is 0 Å². The zero-order valence-electron chi connectivity index (χ0n) is 10.1. The molecule has 19 heavy (non-hydrogen) atoms. The van der Waals surface area contributed by atoms with Crippen LogP contribution < -0.4 is 5.32 Å². The van der Waals surface area contributed by atoms with Gasteiger partial charge in [0.2, 0.25) is 0 Å². The molecule has 0 amide bonds. The van der Waals surface area contributed by atoms with Gasteiger partial charge in [0.25, 0.3) is 0 Å². The first-order valence-corrected chi connectivity index (χ1v) is 5.80. The van der Waals surface area contributed by atoms with E-state index in [1.165, 1.54) is 12.7 Å². The first kappa shape index (κ1) is 11.3. The molecule has 0 unspecified atom stereocenters. The Balaban J connectivity index is 1.63. The quantitative estimate of drug-likeness (QED) is 0.709. The number of hydrogen-bond acceptors (Lipinski definition) is 6. The average molecular weight is 256 g/mol. The van der Waals surface area contributed by atoms with E-state index in [0.29, 0.717) is 6.54 Å². The van der Waals surface area contributed by atoms with Crippen LogP contribution in [0.25, 0.3) is 5.82 Å². The van der Waals surface area contributed by atoms with Crippen molar-refractivity contribution in [3.05, 3.63) is 43.5 Å². The Morgan fingerprint density at radius 2 is 2.16 bits per heavy atom. The van der Waals surface area contributed by atoms with E-state index >= 15 is 0 Å². The van der Waals surface area contributed by atoms with Gasteiger partial charge in [0.15, 0.2) is 5.82 Å². The average Bonchev–Trinajstić information content (AvgIpc) is 3.12. The molecule has 3 rings (SSSR count). The lowest BCUT2D eigenvalue weighted by Crippen LogP contribution is -2.12. The fourth-order valence-corrected chi connectivity index (χ4v) is 1.62. The van der Waals surface area contributed by atoms with E-state index in [0.717, 1.165) is 18.2 Å². The lowest BCUT2D eigenvalue weighted by Gasteiger charge is -2.06. The Morgan fingerprint density at radius 1 is 1.16 bits per heavy atom. The number of anilines is 1. The molecule has 0 spiro atoms. The van der Waals surface area contributed by atoms with Crippen molar-refractivity contribution < 1.29 is 0 Å². The van der Waals surface area contributed by atoms with Crippen molar-refractivity contribution in [2.45, 2.75) is 6.54 Å². The molecule has 8 heteroatoms.